The minimum Gasteiger partial charge on any atom is -0.349 e. The summed E-state index contributed by atoms with van der Waals surface area (Å²) in [4.78, 5) is 12.4. The van der Waals surface area contributed by atoms with Crippen molar-refractivity contribution in [2.75, 3.05) is 6.54 Å². The maximum atomic E-state index is 12.4. The topological polar surface area (TPSA) is 75.3 Å². The van der Waals surface area contributed by atoms with E-state index in [0.717, 1.165) is 24.0 Å². The van der Waals surface area contributed by atoms with Crippen molar-refractivity contribution < 1.29 is 13.2 Å². The summed E-state index contributed by atoms with van der Waals surface area (Å²) in [5.74, 6) is 0.202. The SMILES string of the molecule is CC(C)c1ccc(S(=O)(=O)NCCC(=O)NC2CCc3ccccc32)cc1. The van der Waals surface area contributed by atoms with Crippen LogP contribution in [0.4, 0.5) is 0 Å². The monoisotopic (exact) mass is 386 g/mol. The van der Waals surface area contributed by atoms with E-state index in [1.54, 1.807) is 12.1 Å². The molecule has 1 unspecified atom stereocenters. The minimum atomic E-state index is -3.60. The molecule has 0 heterocycles. The standard InChI is InChI=1S/C21H26N2O3S/c1-15(2)16-7-10-18(11-8-16)27(25,26)22-14-13-21(24)23-20-12-9-17-5-3-4-6-19(17)20/h3-8,10-11,15,20,22H,9,12-14H2,1-2H3,(H,23,24). The molecule has 0 saturated heterocycles. The molecule has 1 aliphatic rings. The Hall–Kier alpha value is -2.18. The highest BCUT2D eigenvalue weighted by Crippen LogP contribution is 2.30. The zero-order valence-electron chi connectivity index (χ0n) is 15.7. The Morgan fingerprint density at radius 3 is 2.52 bits per heavy atom. The van der Waals surface area contributed by atoms with Crippen molar-refractivity contribution in [3.05, 3.63) is 65.2 Å². The molecule has 144 valence electrons. The van der Waals surface area contributed by atoms with Gasteiger partial charge in [-0.25, -0.2) is 13.1 Å². The zero-order valence-corrected chi connectivity index (χ0v) is 16.6. The first-order valence-corrected chi connectivity index (χ1v) is 10.8. The molecule has 1 aliphatic carbocycles. The molecule has 6 heteroatoms. The first-order valence-electron chi connectivity index (χ1n) is 9.33. The Morgan fingerprint density at radius 2 is 1.81 bits per heavy atom. The molecule has 2 aromatic carbocycles. The molecule has 0 aromatic heterocycles. The number of hydrogen-bond acceptors (Lipinski definition) is 3. The van der Waals surface area contributed by atoms with Gasteiger partial charge in [-0.2, -0.15) is 0 Å². The molecule has 0 aliphatic heterocycles. The lowest BCUT2D eigenvalue weighted by Crippen LogP contribution is -2.32. The van der Waals surface area contributed by atoms with Gasteiger partial charge in [0.2, 0.25) is 15.9 Å². The summed E-state index contributed by atoms with van der Waals surface area (Å²) < 4.78 is 27.2. The number of aryl methyl sites for hydroxylation is 1. The molecule has 5 nitrogen and oxygen atoms in total. The van der Waals surface area contributed by atoms with E-state index in [-0.39, 0.29) is 29.8 Å². The number of carbonyl (C=O) groups is 1. The molecule has 3 rings (SSSR count). The van der Waals surface area contributed by atoms with Crippen LogP contribution >= 0.6 is 0 Å². The fraction of sp³-hybridized carbons (Fsp3) is 0.381. The van der Waals surface area contributed by atoms with Crippen molar-refractivity contribution in [2.45, 2.75) is 50.0 Å². The number of amides is 1. The average molecular weight is 387 g/mol. The van der Waals surface area contributed by atoms with E-state index in [9.17, 15) is 13.2 Å². The normalized spacial score (nSPS) is 16.3. The number of benzene rings is 2. The molecule has 1 atom stereocenters. The molecule has 0 saturated carbocycles. The van der Waals surface area contributed by atoms with Crippen LogP contribution < -0.4 is 10.0 Å². The van der Waals surface area contributed by atoms with Gasteiger partial charge in [0, 0.05) is 13.0 Å². The number of rotatable bonds is 7. The van der Waals surface area contributed by atoms with Gasteiger partial charge in [-0.1, -0.05) is 50.2 Å². The van der Waals surface area contributed by atoms with E-state index in [1.807, 2.05) is 30.3 Å². The van der Waals surface area contributed by atoms with Crippen LogP contribution in [0.3, 0.4) is 0 Å². The van der Waals surface area contributed by atoms with Gasteiger partial charge in [0.05, 0.1) is 10.9 Å². The summed E-state index contributed by atoms with van der Waals surface area (Å²) >= 11 is 0. The van der Waals surface area contributed by atoms with Gasteiger partial charge < -0.3 is 5.32 Å². The first-order chi connectivity index (χ1) is 12.9. The van der Waals surface area contributed by atoms with E-state index in [4.69, 9.17) is 0 Å². The zero-order chi connectivity index (χ0) is 19.4. The van der Waals surface area contributed by atoms with Crippen LogP contribution in [-0.4, -0.2) is 20.9 Å². The third-order valence-corrected chi connectivity index (χ3v) is 6.45. The molecule has 0 bridgehead atoms. The van der Waals surface area contributed by atoms with E-state index < -0.39 is 10.0 Å². The van der Waals surface area contributed by atoms with Gasteiger partial charge in [-0.05, 0) is 47.6 Å². The second-order valence-electron chi connectivity index (χ2n) is 7.23. The summed E-state index contributed by atoms with van der Waals surface area (Å²) in [7, 11) is -3.60. The van der Waals surface area contributed by atoms with Crippen LogP contribution in [0, 0.1) is 0 Å². The second-order valence-corrected chi connectivity index (χ2v) is 9.00. The van der Waals surface area contributed by atoms with E-state index >= 15 is 0 Å². The maximum Gasteiger partial charge on any atom is 0.240 e. The van der Waals surface area contributed by atoms with Crippen LogP contribution in [0.25, 0.3) is 0 Å². The number of fused-ring (bicyclic) bond motifs is 1. The number of nitrogens with one attached hydrogen (secondary N) is 2. The van der Waals surface area contributed by atoms with Crippen LogP contribution in [0.15, 0.2) is 53.4 Å². The molecule has 2 aromatic rings. The van der Waals surface area contributed by atoms with Crippen molar-refractivity contribution >= 4 is 15.9 Å². The lowest BCUT2D eigenvalue weighted by Gasteiger charge is -2.14. The molecule has 27 heavy (non-hydrogen) atoms. The lowest BCUT2D eigenvalue weighted by atomic mass is 10.0. The smallest absolute Gasteiger partial charge is 0.240 e. The molecule has 0 fully saturated rings. The van der Waals surface area contributed by atoms with E-state index in [0.29, 0.717) is 5.92 Å². The van der Waals surface area contributed by atoms with Crippen LogP contribution in [-0.2, 0) is 21.2 Å². The summed E-state index contributed by atoms with van der Waals surface area (Å²) in [5.41, 5.74) is 3.52. The summed E-state index contributed by atoms with van der Waals surface area (Å²) in [5, 5.41) is 3.01. The highest BCUT2D eigenvalue weighted by Gasteiger charge is 2.23. The summed E-state index contributed by atoms with van der Waals surface area (Å²) in [6.45, 7) is 4.20. The maximum absolute atomic E-state index is 12.4. The van der Waals surface area contributed by atoms with Crippen LogP contribution in [0.5, 0.6) is 0 Å². The Morgan fingerprint density at radius 1 is 1.11 bits per heavy atom. The molecule has 0 spiro atoms. The van der Waals surface area contributed by atoms with Gasteiger partial charge in [0.15, 0.2) is 0 Å². The van der Waals surface area contributed by atoms with Crippen molar-refractivity contribution in [3.8, 4) is 0 Å². The fourth-order valence-electron chi connectivity index (χ4n) is 3.39. The predicted molar refractivity (Wildman–Crippen MR) is 106 cm³/mol. The molecular weight excluding hydrogens is 360 g/mol. The second kappa shape index (κ2) is 8.23. The van der Waals surface area contributed by atoms with Crippen molar-refractivity contribution in [1.82, 2.24) is 10.0 Å². The average Bonchev–Trinajstić information content (AvgIpc) is 3.04. The minimum absolute atomic E-state index is 0.0221. The highest BCUT2D eigenvalue weighted by molar-refractivity contribution is 7.89. The van der Waals surface area contributed by atoms with Gasteiger partial charge in [0.25, 0.3) is 0 Å². The van der Waals surface area contributed by atoms with Crippen LogP contribution in [0.2, 0.25) is 0 Å². The Labute approximate surface area is 161 Å². The summed E-state index contributed by atoms with van der Waals surface area (Å²) in [6.07, 6.45) is 1.96. The summed E-state index contributed by atoms with van der Waals surface area (Å²) in [6, 6.07) is 15.0. The molecule has 0 radical (unpaired) electrons. The Kier molecular flexibility index (Phi) is 5.97. The molecular formula is C21H26N2O3S. The van der Waals surface area contributed by atoms with E-state index in [2.05, 4.69) is 30.0 Å². The molecule has 1 amide bonds. The predicted octanol–water partition coefficient (Wildman–Crippen LogP) is 3.28. The number of carbonyl (C=O) groups excluding carboxylic acids is 1. The number of hydrogen-bond donors (Lipinski definition) is 2. The largest absolute Gasteiger partial charge is 0.349 e. The van der Waals surface area contributed by atoms with Gasteiger partial charge in [-0.15, -0.1) is 0 Å². The van der Waals surface area contributed by atoms with E-state index in [1.165, 1.54) is 5.56 Å². The number of sulfonamides is 1. The first kappa shape index (κ1) is 19.6. The molecule has 2 N–H and O–H groups in total. The van der Waals surface area contributed by atoms with Crippen molar-refractivity contribution in [1.29, 1.82) is 0 Å². The lowest BCUT2D eigenvalue weighted by molar-refractivity contribution is -0.121. The Balaban J connectivity index is 1.51. The third kappa shape index (κ3) is 4.76. The van der Waals surface area contributed by atoms with Crippen molar-refractivity contribution in [3.63, 3.8) is 0 Å². The highest BCUT2D eigenvalue weighted by atomic mass is 32.2. The van der Waals surface area contributed by atoms with Crippen molar-refractivity contribution in [2.24, 2.45) is 0 Å². The quantitative estimate of drug-likeness (QED) is 0.767. The van der Waals surface area contributed by atoms with Gasteiger partial charge in [0.1, 0.15) is 0 Å². The third-order valence-electron chi connectivity index (χ3n) is 4.97. The fourth-order valence-corrected chi connectivity index (χ4v) is 4.42. The Bertz CT molecular complexity index is 905. The van der Waals surface area contributed by atoms with Crippen LogP contribution in [0.1, 0.15) is 55.3 Å². The van der Waals surface area contributed by atoms with Gasteiger partial charge in [-0.3, -0.25) is 4.79 Å². The van der Waals surface area contributed by atoms with Gasteiger partial charge >= 0.3 is 0 Å².